The normalized spacial score (nSPS) is 22.7. The number of aromatic nitrogens is 1. The van der Waals surface area contributed by atoms with E-state index < -0.39 is 11.9 Å². The summed E-state index contributed by atoms with van der Waals surface area (Å²) in [5, 5.41) is 0. The summed E-state index contributed by atoms with van der Waals surface area (Å²) in [6, 6.07) is 2.36. The van der Waals surface area contributed by atoms with Crippen LogP contribution in [-0.4, -0.2) is 23.7 Å². The topological polar surface area (TPSA) is 48.4 Å². The van der Waals surface area contributed by atoms with Crippen LogP contribution in [-0.2, 0) is 15.7 Å². The highest BCUT2D eigenvalue weighted by Gasteiger charge is 2.33. The third kappa shape index (κ3) is 4.85. The van der Waals surface area contributed by atoms with E-state index in [-0.39, 0.29) is 29.7 Å². The lowest BCUT2D eigenvalue weighted by Gasteiger charge is -2.31. The van der Waals surface area contributed by atoms with Gasteiger partial charge in [0.05, 0.1) is 18.6 Å². The van der Waals surface area contributed by atoms with Crippen molar-refractivity contribution in [2.24, 2.45) is 11.8 Å². The third-order valence-electron chi connectivity index (χ3n) is 4.41. The first-order valence-corrected chi connectivity index (χ1v) is 8.17. The first-order chi connectivity index (χ1) is 11.3. The van der Waals surface area contributed by atoms with E-state index in [4.69, 9.17) is 9.47 Å². The zero-order valence-corrected chi connectivity index (χ0v) is 13.8. The number of rotatable bonds is 5. The molecule has 0 aliphatic heterocycles. The lowest BCUT2D eigenvalue weighted by atomic mass is 9.80. The molecule has 0 aromatic carbocycles. The Bertz CT molecular complexity index is 554. The Kier molecular flexibility index (Phi) is 6.07. The molecule has 7 heteroatoms. The molecule has 1 aliphatic carbocycles. The van der Waals surface area contributed by atoms with Gasteiger partial charge in [-0.05, 0) is 44.6 Å². The van der Waals surface area contributed by atoms with Gasteiger partial charge in [-0.1, -0.05) is 6.92 Å². The van der Waals surface area contributed by atoms with Crippen LogP contribution in [0, 0.1) is 11.8 Å². The third-order valence-corrected chi connectivity index (χ3v) is 4.41. The van der Waals surface area contributed by atoms with Gasteiger partial charge >= 0.3 is 12.1 Å². The summed E-state index contributed by atoms with van der Waals surface area (Å²) in [5.74, 6) is 0.0563. The van der Waals surface area contributed by atoms with Crippen LogP contribution in [0.2, 0.25) is 0 Å². The maximum absolute atomic E-state index is 12.7. The van der Waals surface area contributed by atoms with E-state index in [9.17, 15) is 18.0 Å². The SMILES string of the molecule is CCOC(=O)[C@H](C)[C@H]1CC[C@H](Oc2ccnc(C(F)(F)F)c2)CC1. The number of esters is 1. The first kappa shape index (κ1) is 18.5. The molecule has 0 spiro atoms. The predicted octanol–water partition coefficient (Wildman–Crippen LogP) is 4.24. The molecule has 134 valence electrons. The fourth-order valence-corrected chi connectivity index (χ4v) is 3.00. The fourth-order valence-electron chi connectivity index (χ4n) is 3.00. The van der Waals surface area contributed by atoms with Gasteiger partial charge in [-0.3, -0.25) is 9.78 Å². The molecule has 0 unspecified atom stereocenters. The van der Waals surface area contributed by atoms with Gasteiger partial charge in [0.2, 0.25) is 0 Å². The number of ether oxygens (including phenoxy) is 2. The van der Waals surface area contributed by atoms with E-state index in [0.29, 0.717) is 19.4 Å². The molecule has 0 bridgehead atoms. The molecule has 0 amide bonds. The van der Waals surface area contributed by atoms with Crippen LogP contribution in [0.5, 0.6) is 5.75 Å². The molecule has 1 aromatic rings. The van der Waals surface area contributed by atoms with Crippen molar-refractivity contribution in [3.63, 3.8) is 0 Å². The molecule has 1 heterocycles. The zero-order valence-electron chi connectivity index (χ0n) is 13.8. The van der Waals surface area contributed by atoms with Gasteiger partial charge in [0, 0.05) is 12.3 Å². The summed E-state index contributed by atoms with van der Waals surface area (Å²) < 4.78 is 48.7. The highest BCUT2D eigenvalue weighted by molar-refractivity contribution is 5.72. The molecular weight excluding hydrogens is 323 g/mol. The average Bonchev–Trinajstić information content (AvgIpc) is 2.54. The molecule has 1 saturated carbocycles. The van der Waals surface area contributed by atoms with Crippen molar-refractivity contribution < 1.29 is 27.4 Å². The Balaban J connectivity index is 1.88. The van der Waals surface area contributed by atoms with Crippen LogP contribution in [0.4, 0.5) is 13.2 Å². The summed E-state index contributed by atoms with van der Waals surface area (Å²) in [6.07, 6.45) is -0.516. The van der Waals surface area contributed by atoms with Crippen molar-refractivity contribution in [2.45, 2.75) is 51.8 Å². The summed E-state index contributed by atoms with van der Waals surface area (Å²) in [6.45, 7) is 4.01. The van der Waals surface area contributed by atoms with Crippen molar-refractivity contribution in [1.29, 1.82) is 0 Å². The van der Waals surface area contributed by atoms with Crippen molar-refractivity contribution in [3.05, 3.63) is 24.0 Å². The Morgan fingerprint density at radius 2 is 2.00 bits per heavy atom. The minimum atomic E-state index is -4.48. The van der Waals surface area contributed by atoms with E-state index in [0.717, 1.165) is 25.1 Å². The second-order valence-electron chi connectivity index (χ2n) is 6.07. The number of nitrogens with zero attached hydrogens (tertiary/aromatic N) is 1. The van der Waals surface area contributed by atoms with E-state index in [1.54, 1.807) is 6.92 Å². The number of pyridine rings is 1. The molecule has 1 fully saturated rings. The van der Waals surface area contributed by atoms with Gasteiger partial charge in [-0.15, -0.1) is 0 Å². The summed E-state index contributed by atoms with van der Waals surface area (Å²) in [4.78, 5) is 15.1. The van der Waals surface area contributed by atoms with Crippen molar-refractivity contribution in [3.8, 4) is 5.75 Å². The van der Waals surface area contributed by atoms with Crippen LogP contribution in [0.3, 0.4) is 0 Å². The lowest BCUT2D eigenvalue weighted by molar-refractivity contribution is -0.150. The fraction of sp³-hybridized carbons (Fsp3) is 0.647. The van der Waals surface area contributed by atoms with Crippen molar-refractivity contribution >= 4 is 5.97 Å². The van der Waals surface area contributed by atoms with Gasteiger partial charge < -0.3 is 9.47 Å². The van der Waals surface area contributed by atoms with Crippen LogP contribution >= 0.6 is 0 Å². The maximum Gasteiger partial charge on any atom is 0.433 e. The molecule has 24 heavy (non-hydrogen) atoms. The second-order valence-corrected chi connectivity index (χ2v) is 6.07. The number of halogens is 3. The van der Waals surface area contributed by atoms with E-state index >= 15 is 0 Å². The summed E-state index contributed by atoms with van der Waals surface area (Å²) in [5.41, 5.74) is -0.954. The lowest BCUT2D eigenvalue weighted by Crippen LogP contribution is -2.31. The minimum absolute atomic E-state index is 0.140. The van der Waals surface area contributed by atoms with E-state index in [1.165, 1.54) is 6.07 Å². The average molecular weight is 345 g/mol. The molecule has 0 N–H and O–H groups in total. The Labute approximate surface area is 139 Å². The van der Waals surface area contributed by atoms with Crippen molar-refractivity contribution in [2.75, 3.05) is 6.61 Å². The van der Waals surface area contributed by atoms with Crippen molar-refractivity contribution in [1.82, 2.24) is 4.98 Å². The largest absolute Gasteiger partial charge is 0.490 e. The quantitative estimate of drug-likeness (QED) is 0.749. The molecule has 0 radical (unpaired) electrons. The first-order valence-electron chi connectivity index (χ1n) is 8.17. The van der Waals surface area contributed by atoms with E-state index in [2.05, 4.69) is 4.98 Å². The van der Waals surface area contributed by atoms with Gasteiger partial charge in [0.25, 0.3) is 0 Å². The molecule has 1 atom stereocenters. The molecule has 2 rings (SSSR count). The number of alkyl halides is 3. The Morgan fingerprint density at radius 3 is 2.58 bits per heavy atom. The number of carbonyl (C=O) groups is 1. The predicted molar refractivity (Wildman–Crippen MR) is 81.4 cm³/mol. The standard InChI is InChI=1S/C17H22F3NO3/c1-3-23-16(22)11(2)12-4-6-13(7-5-12)24-14-8-9-21-15(10-14)17(18,19)20/h8-13H,3-7H2,1-2H3/t11-,12-,13-/m1/s1. The molecule has 1 aromatic heterocycles. The van der Waals surface area contributed by atoms with Crippen LogP contribution in [0.25, 0.3) is 0 Å². The molecule has 0 saturated heterocycles. The molecular formula is C17H22F3NO3. The highest BCUT2D eigenvalue weighted by atomic mass is 19.4. The monoisotopic (exact) mass is 345 g/mol. The molecule has 4 nitrogen and oxygen atoms in total. The van der Waals surface area contributed by atoms with E-state index in [1.807, 2.05) is 6.92 Å². The zero-order chi connectivity index (χ0) is 17.7. The Hall–Kier alpha value is -1.79. The van der Waals surface area contributed by atoms with Gasteiger partial charge in [0.1, 0.15) is 11.4 Å². The van der Waals surface area contributed by atoms with Gasteiger partial charge in [-0.2, -0.15) is 13.2 Å². The summed E-state index contributed by atoms with van der Waals surface area (Å²) >= 11 is 0. The molecule has 1 aliphatic rings. The summed E-state index contributed by atoms with van der Waals surface area (Å²) in [7, 11) is 0. The maximum atomic E-state index is 12.7. The smallest absolute Gasteiger partial charge is 0.433 e. The van der Waals surface area contributed by atoms with Crippen LogP contribution in [0.15, 0.2) is 18.3 Å². The number of hydrogen-bond acceptors (Lipinski definition) is 4. The van der Waals surface area contributed by atoms with Crippen LogP contribution < -0.4 is 4.74 Å². The van der Waals surface area contributed by atoms with Gasteiger partial charge in [0.15, 0.2) is 0 Å². The Morgan fingerprint density at radius 1 is 1.33 bits per heavy atom. The van der Waals surface area contributed by atoms with Gasteiger partial charge in [-0.25, -0.2) is 0 Å². The number of hydrogen-bond donors (Lipinski definition) is 0. The highest BCUT2D eigenvalue weighted by Crippen LogP contribution is 2.34. The minimum Gasteiger partial charge on any atom is -0.490 e. The second kappa shape index (κ2) is 7.85. The number of carbonyl (C=O) groups excluding carboxylic acids is 1. The van der Waals surface area contributed by atoms with Crippen LogP contribution in [0.1, 0.15) is 45.2 Å².